The van der Waals surface area contributed by atoms with Gasteiger partial charge < -0.3 is 15.1 Å². The molecule has 3 aliphatic heterocycles. The Labute approximate surface area is 190 Å². The second kappa shape index (κ2) is 11.3. The van der Waals surface area contributed by atoms with Gasteiger partial charge in [-0.25, -0.2) is 0 Å². The van der Waals surface area contributed by atoms with E-state index in [4.69, 9.17) is 4.99 Å². The molecule has 164 valence electrons. The molecule has 3 heterocycles. The third-order valence-electron chi connectivity index (χ3n) is 6.97. The molecule has 2 unspecified atom stereocenters. The van der Waals surface area contributed by atoms with Gasteiger partial charge in [-0.2, -0.15) is 0 Å². The minimum absolute atomic E-state index is 0. The highest BCUT2D eigenvalue weighted by molar-refractivity contribution is 14.0. The molecule has 0 spiro atoms. The first-order valence-electron chi connectivity index (χ1n) is 11.5. The number of likely N-dealkylation sites (tertiary alicyclic amines) is 3. The lowest BCUT2D eigenvalue weighted by atomic mass is 9.84. The molecule has 0 aromatic carbocycles. The Kier molecular flexibility index (Phi) is 9.81. The summed E-state index contributed by atoms with van der Waals surface area (Å²) >= 11 is 0. The van der Waals surface area contributed by atoms with Gasteiger partial charge >= 0.3 is 0 Å². The van der Waals surface area contributed by atoms with E-state index in [1.807, 2.05) is 0 Å². The van der Waals surface area contributed by atoms with E-state index >= 15 is 0 Å². The van der Waals surface area contributed by atoms with E-state index in [-0.39, 0.29) is 29.5 Å². The molecule has 1 N–H and O–H groups in total. The number of hydrogen-bond donors (Lipinski definition) is 1. The van der Waals surface area contributed by atoms with Crippen LogP contribution in [0.25, 0.3) is 0 Å². The van der Waals surface area contributed by atoms with Crippen LogP contribution >= 0.6 is 24.0 Å². The summed E-state index contributed by atoms with van der Waals surface area (Å²) in [6, 6.07) is 0. The van der Waals surface area contributed by atoms with E-state index in [9.17, 15) is 0 Å². The molecule has 2 atom stereocenters. The molecular weight excluding hydrogens is 461 g/mol. The van der Waals surface area contributed by atoms with Gasteiger partial charge in [0.05, 0.1) is 6.54 Å². The number of nitrogens with one attached hydrogen (secondary N) is 1. The van der Waals surface area contributed by atoms with Crippen molar-refractivity contribution in [1.29, 1.82) is 0 Å². The number of guanidine groups is 1. The molecule has 3 rings (SSSR count). The Bertz CT molecular complexity index is 473. The molecule has 3 saturated heterocycles. The predicted octanol–water partition coefficient (Wildman–Crippen LogP) is 3.50. The zero-order valence-corrected chi connectivity index (χ0v) is 21.1. The summed E-state index contributed by atoms with van der Waals surface area (Å²) in [5.41, 5.74) is 0.278. The summed E-state index contributed by atoms with van der Waals surface area (Å²) in [6.45, 7) is 16.1. The van der Waals surface area contributed by atoms with Crippen molar-refractivity contribution < 1.29 is 0 Å². The van der Waals surface area contributed by atoms with Crippen LogP contribution in [0.15, 0.2) is 4.99 Å². The quantitative estimate of drug-likeness (QED) is 0.361. The number of hydrogen-bond acceptors (Lipinski definition) is 3. The molecular formula is C22H44IN5. The first kappa shape index (κ1) is 24.2. The van der Waals surface area contributed by atoms with Gasteiger partial charge in [0.2, 0.25) is 0 Å². The molecule has 0 aromatic rings. The Morgan fingerprint density at radius 2 is 1.61 bits per heavy atom. The molecule has 0 bridgehead atoms. The fraction of sp³-hybridized carbons (Fsp3) is 0.955. The number of nitrogens with zero attached hydrogens (tertiary/aromatic N) is 4. The largest absolute Gasteiger partial charge is 0.357 e. The summed E-state index contributed by atoms with van der Waals surface area (Å²) < 4.78 is 0. The van der Waals surface area contributed by atoms with Gasteiger partial charge in [-0.3, -0.25) is 9.89 Å². The number of piperidine rings is 3. The fourth-order valence-electron chi connectivity index (χ4n) is 5.46. The normalized spacial score (nSPS) is 30.0. The molecule has 0 aromatic heterocycles. The highest BCUT2D eigenvalue weighted by atomic mass is 127. The highest BCUT2D eigenvalue weighted by Crippen LogP contribution is 2.32. The molecule has 0 saturated carbocycles. The maximum absolute atomic E-state index is 5.27. The summed E-state index contributed by atoms with van der Waals surface area (Å²) in [4.78, 5) is 13.1. The van der Waals surface area contributed by atoms with Crippen molar-refractivity contribution in [2.75, 3.05) is 59.4 Å². The lowest BCUT2D eigenvalue weighted by Crippen LogP contribution is -2.58. The average molecular weight is 506 g/mol. The van der Waals surface area contributed by atoms with Gasteiger partial charge in [0.25, 0.3) is 0 Å². The maximum atomic E-state index is 5.27. The second-order valence-corrected chi connectivity index (χ2v) is 9.60. The Balaban J connectivity index is 0.00000280. The summed E-state index contributed by atoms with van der Waals surface area (Å²) in [6.07, 6.45) is 8.01. The van der Waals surface area contributed by atoms with E-state index < -0.39 is 0 Å². The lowest BCUT2D eigenvalue weighted by molar-refractivity contribution is 0.0205. The van der Waals surface area contributed by atoms with Crippen LogP contribution in [0.1, 0.15) is 59.3 Å². The highest BCUT2D eigenvalue weighted by Gasteiger charge is 2.39. The van der Waals surface area contributed by atoms with Crippen LogP contribution in [0.3, 0.4) is 0 Å². The number of halogens is 1. The molecule has 0 radical (unpaired) electrons. The first-order valence-corrected chi connectivity index (χ1v) is 11.5. The van der Waals surface area contributed by atoms with Crippen LogP contribution in [0, 0.1) is 11.8 Å². The van der Waals surface area contributed by atoms with Crippen LogP contribution in [0.2, 0.25) is 0 Å². The molecule has 3 aliphatic rings. The zero-order chi connectivity index (χ0) is 19.3. The second-order valence-electron chi connectivity index (χ2n) is 9.60. The summed E-state index contributed by atoms with van der Waals surface area (Å²) in [5, 5.41) is 3.61. The number of aliphatic imine (C=N–C) groups is 1. The van der Waals surface area contributed by atoms with Gasteiger partial charge in [-0.05, 0) is 84.1 Å². The van der Waals surface area contributed by atoms with Crippen LogP contribution < -0.4 is 5.32 Å². The Hall–Kier alpha value is -0.0800. The third kappa shape index (κ3) is 6.21. The average Bonchev–Trinajstić information content (AvgIpc) is 2.66. The Morgan fingerprint density at radius 1 is 1.00 bits per heavy atom. The minimum Gasteiger partial charge on any atom is -0.357 e. The van der Waals surface area contributed by atoms with Gasteiger partial charge in [0.1, 0.15) is 0 Å². The van der Waals surface area contributed by atoms with Gasteiger partial charge in [0.15, 0.2) is 5.96 Å². The Morgan fingerprint density at radius 3 is 2.18 bits per heavy atom. The van der Waals surface area contributed by atoms with Crippen LogP contribution in [0.5, 0.6) is 0 Å². The van der Waals surface area contributed by atoms with Crippen LogP contribution in [0.4, 0.5) is 0 Å². The van der Waals surface area contributed by atoms with E-state index in [1.54, 1.807) is 0 Å². The molecule has 3 fully saturated rings. The van der Waals surface area contributed by atoms with Crippen molar-refractivity contribution in [1.82, 2.24) is 20.0 Å². The van der Waals surface area contributed by atoms with Crippen molar-refractivity contribution in [3.05, 3.63) is 0 Å². The molecule has 0 aliphatic carbocycles. The fourth-order valence-corrected chi connectivity index (χ4v) is 5.46. The van der Waals surface area contributed by atoms with Gasteiger partial charge in [-0.1, -0.05) is 20.3 Å². The third-order valence-corrected chi connectivity index (χ3v) is 6.97. The zero-order valence-electron chi connectivity index (χ0n) is 18.8. The van der Waals surface area contributed by atoms with E-state index in [0.29, 0.717) is 0 Å². The van der Waals surface area contributed by atoms with E-state index in [2.05, 4.69) is 47.8 Å². The maximum Gasteiger partial charge on any atom is 0.193 e. The van der Waals surface area contributed by atoms with Gasteiger partial charge in [0, 0.05) is 25.2 Å². The van der Waals surface area contributed by atoms with Gasteiger partial charge in [-0.15, -0.1) is 24.0 Å². The molecule has 5 nitrogen and oxygen atoms in total. The predicted molar refractivity (Wildman–Crippen MR) is 131 cm³/mol. The summed E-state index contributed by atoms with van der Waals surface area (Å²) in [7, 11) is 2.27. The van der Waals surface area contributed by atoms with Crippen molar-refractivity contribution in [3.63, 3.8) is 0 Å². The topological polar surface area (TPSA) is 34.1 Å². The minimum atomic E-state index is 0. The van der Waals surface area contributed by atoms with Crippen molar-refractivity contribution >= 4 is 29.9 Å². The van der Waals surface area contributed by atoms with Crippen molar-refractivity contribution in [2.45, 2.75) is 64.8 Å². The van der Waals surface area contributed by atoms with Crippen LogP contribution in [-0.4, -0.2) is 85.6 Å². The van der Waals surface area contributed by atoms with Crippen molar-refractivity contribution in [3.8, 4) is 0 Å². The smallest absolute Gasteiger partial charge is 0.193 e. The van der Waals surface area contributed by atoms with Crippen molar-refractivity contribution in [2.24, 2.45) is 16.8 Å². The lowest BCUT2D eigenvalue weighted by Gasteiger charge is -2.49. The monoisotopic (exact) mass is 505 g/mol. The number of rotatable bonds is 4. The molecule has 0 amide bonds. The standard InChI is InChI=1S/C22H43N5.HI/c1-5-23-21(26-16-19(2)15-20(3)17-26)24-18-22(9-13-25(4)14-10-22)27-11-7-6-8-12-27;/h19-20H,5-18H2,1-4H3,(H,23,24);1H. The molecule has 6 heteroatoms. The van der Waals surface area contributed by atoms with E-state index in [0.717, 1.165) is 44.0 Å². The first-order chi connectivity index (χ1) is 13.0. The van der Waals surface area contributed by atoms with E-state index in [1.165, 1.54) is 64.7 Å². The van der Waals surface area contributed by atoms with Crippen LogP contribution in [-0.2, 0) is 0 Å². The SMILES string of the molecule is CCNC(=NCC1(N2CCCCC2)CCN(C)CC1)N1CC(C)CC(C)C1.I. The summed E-state index contributed by atoms with van der Waals surface area (Å²) in [5.74, 6) is 2.68. The molecule has 28 heavy (non-hydrogen) atoms.